The largest absolute Gasteiger partial charge is 0.477 e. The number of amides is 2. The van der Waals surface area contributed by atoms with E-state index in [9.17, 15) is 75.7 Å². The first-order chi connectivity index (χ1) is 49.9. The van der Waals surface area contributed by atoms with Crippen LogP contribution in [-0.2, 0) is 42.8 Å². The number of unbranched alkanes of at least 4 members (excludes halogenated alkanes) is 40. The first-order valence-electron chi connectivity index (χ1n) is 40.9. The SMILES string of the molecule is CCCCCCCCCCC/C=C\C/C=C\CCCCCCCCCCCCCCCCCCCC(=O)NC(COC1OC(CO)C(OC2OC(CO)C(O)C(OC3(C(=O)O)CC(O)C(NC(C)=O)C(C(O)C(O)CO)O3)C2O)C(O)C1O)C(O)/C=C/CCCCCCCCCCCCCCCC. The zero-order valence-corrected chi connectivity index (χ0v) is 63.7. The van der Waals surface area contributed by atoms with Gasteiger partial charge in [0.15, 0.2) is 12.6 Å². The van der Waals surface area contributed by atoms with Crippen molar-refractivity contribution >= 4 is 17.8 Å². The van der Waals surface area contributed by atoms with Gasteiger partial charge in [-0.15, -0.1) is 0 Å². The number of aliphatic carboxylic acids is 1. The van der Waals surface area contributed by atoms with Gasteiger partial charge in [0.05, 0.1) is 50.7 Å². The predicted octanol–water partition coefficient (Wildman–Crippen LogP) is 10.9. The molecule has 0 radical (unpaired) electrons. The second kappa shape index (κ2) is 58.9. The van der Waals surface area contributed by atoms with Gasteiger partial charge in [-0.05, 0) is 51.4 Å². The van der Waals surface area contributed by atoms with E-state index in [0.29, 0.717) is 12.8 Å². The van der Waals surface area contributed by atoms with Gasteiger partial charge in [0, 0.05) is 19.8 Å². The molecule has 3 rings (SSSR count). The van der Waals surface area contributed by atoms with Crippen LogP contribution in [0.25, 0.3) is 0 Å². The van der Waals surface area contributed by atoms with Crippen molar-refractivity contribution in [3.63, 3.8) is 0 Å². The van der Waals surface area contributed by atoms with Crippen LogP contribution in [0.2, 0.25) is 0 Å². The molecule has 602 valence electrons. The molecule has 18 atom stereocenters. The molecule has 0 aromatic rings. The molecule has 0 saturated carbocycles. The highest BCUT2D eigenvalue weighted by molar-refractivity contribution is 5.77. The summed E-state index contributed by atoms with van der Waals surface area (Å²) in [6, 6.07) is -2.62. The molecule has 2 amide bonds. The number of hydrogen-bond acceptors (Lipinski definition) is 20. The first kappa shape index (κ1) is 94.2. The highest BCUT2D eigenvalue weighted by Gasteiger charge is 2.60. The lowest BCUT2D eigenvalue weighted by atomic mass is 9.88. The topological polar surface area (TPSA) is 373 Å². The summed E-state index contributed by atoms with van der Waals surface area (Å²) in [4.78, 5) is 38.7. The van der Waals surface area contributed by atoms with Crippen molar-refractivity contribution in [3.05, 3.63) is 36.5 Å². The molecule has 3 fully saturated rings. The third-order valence-corrected chi connectivity index (χ3v) is 20.6. The summed E-state index contributed by atoms with van der Waals surface area (Å²) in [6.45, 7) is 2.17. The third-order valence-electron chi connectivity index (χ3n) is 20.6. The van der Waals surface area contributed by atoms with Crippen molar-refractivity contribution in [3.8, 4) is 0 Å². The number of carbonyl (C=O) groups excluding carboxylic acids is 2. The Kier molecular flexibility index (Phi) is 53.8. The molecule has 0 spiro atoms. The van der Waals surface area contributed by atoms with Crippen LogP contribution < -0.4 is 10.6 Å². The Hall–Kier alpha value is -3.05. The van der Waals surface area contributed by atoms with Gasteiger partial charge in [-0.3, -0.25) is 9.59 Å². The van der Waals surface area contributed by atoms with E-state index in [1.54, 1.807) is 6.08 Å². The summed E-state index contributed by atoms with van der Waals surface area (Å²) in [7, 11) is 0. The minimum absolute atomic E-state index is 0.201. The molecule has 0 bridgehead atoms. The van der Waals surface area contributed by atoms with E-state index in [1.165, 1.54) is 218 Å². The van der Waals surface area contributed by atoms with Crippen molar-refractivity contribution in [2.45, 2.75) is 426 Å². The molecule has 3 aliphatic rings. The minimum Gasteiger partial charge on any atom is -0.477 e. The maximum Gasteiger partial charge on any atom is 0.364 e. The molecule has 0 aliphatic carbocycles. The van der Waals surface area contributed by atoms with Gasteiger partial charge in [-0.1, -0.05) is 281 Å². The molecule has 3 heterocycles. The first-order valence-corrected chi connectivity index (χ1v) is 40.9. The summed E-state index contributed by atoms with van der Waals surface area (Å²) in [5, 5.41) is 136. The number of carboxylic acid groups (broad SMARTS) is 1. The number of rotatable bonds is 64. The summed E-state index contributed by atoms with van der Waals surface area (Å²) in [5.74, 6) is -6.14. The molecule has 3 aliphatic heterocycles. The number of aliphatic hydroxyl groups is 11. The molecule has 14 N–H and O–H groups in total. The van der Waals surface area contributed by atoms with Crippen LogP contribution in [0.3, 0.4) is 0 Å². The molecule has 0 aromatic carbocycles. The number of hydrogen-bond donors (Lipinski definition) is 14. The monoisotopic (exact) mass is 1470 g/mol. The zero-order valence-electron chi connectivity index (χ0n) is 63.7. The molecule has 103 heavy (non-hydrogen) atoms. The molecular formula is C80H146N2O21. The smallest absolute Gasteiger partial charge is 0.364 e. The average molecular weight is 1470 g/mol. The van der Waals surface area contributed by atoms with E-state index >= 15 is 0 Å². The lowest BCUT2D eigenvalue weighted by Gasteiger charge is -2.50. The molecular weight excluding hydrogens is 1320 g/mol. The zero-order chi connectivity index (χ0) is 75.3. The maximum atomic E-state index is 13.5. The van der Waals surface area contributed by atoms with Gasteiger partial charge in [0.25, 0.3) is 5.79 Å². The summed E-state index contributed by atoms with van der Waals surface area (Å²) in [6.07, 6.45) is 37.7. The van der Waals surface area contributed by atoms with Gasteiger partial charge in [-0.2, -0.15) is 0 Å². The number of allylic oxidation sites excluding steroid dienone is 5. The Labute approximate surface area is 618 Å². The van der Waals surface area contributed by atoms with Gasteiger partial charge >= 0.3 is 5.97 Å². The van der Waals surface area contributed by atoms with Crippen LogP contribution >= 0.6 is 0 Å². The standard InChI is InChI=1S/C80H146N2O21/c1-4-6-8-10-12-14-16-18-20-22-23-24-25-26-27-28-29-30-31-32-33-34-35-36-37-38-40-42-44-46-48-50-52-54-67(90)82-61(62(87)53-51-49-47-45-43-41-39-21-19-17-15-13-11-9-7-5-2)59-98-77-72(94)71(93)74(66(58-85)100-77)101-78-73(95)76(70(92)65(57-84)99-78)103-80(79(96)97)55-63(88)68(81-60(3)86)75(102-80)69(91)64(89)56-83/h23-24,26-27,51,53,61-66,68-78,83-85,87-89,91-95H,4-22,25,28-50,52,54-59H2,1-3H3,(H,81,86)(H,82,90)(H,96,97)/b24-23-,27-26-,53-51+. The van der Waals surface area contributed by atoms with Crippen molar-refractivity contribution in [2.75, 3.05) is 26.4 Å². The Bertz CT molecular complexity index is 2200. The van der Waals surface area contributed by atoms with E-state index in [0.717, 1.165) is 58.3 Å². The third kappa shape index (κ3) is 39.2. The summed E-state index contributed by atoms with van der Waals surface area (Å²) < 4.78 is 34.9. The summed E-state index contributed by atoms with van der Waals surface area (Å²) >= 11 is 0. The van der Waals surface area contributed by atoms with E-state index in [1.807, 2.05) is 6.08 Å². The molecule has 18 unspecified atom stereocenters. The van der Waals surface area contributed by atoms with Gasteiger partial charge in [0.2, 0.25) is 11.8 Å². The quantitative estimate of drug-likeness (QED) is 0.0199. The fourth-order valence-corrected chi connectivity index (χ4v) is 14.1. The Balaban J connectivity index is 1.46. The van der Waals surface area contributed by atoms with E-state index in [2.05, 4.69) is 48.8 Å². The lowest BCUT2D eigenvalue weighted by molar-refractivity contribution is -0.386. The van der Waals surface area contributed by atoms with E-state index < -0.39 is 155 Å². The molecule has 23 heteroatoms. The number of ether oxygens (including phenoxy) is 6. The van der Waals surface area contributed by atoms with Crippen LogP contribution in [0.5, 0.6) is 0 Å². The fraction of sp³-hybridized carbons (Fsp3) is 0.887. The predicted molar refractivity (Wildman–Crippen MR) is 398 cm³/mol. The van der Waals surface area contributed by atoms with Crippen molar-refractivity contribution in [2.24, 2.45) is 0 Å². The average Bonchev–Trinajstić information content (AvgIpc) is 0.754. The van der Waals surface area contributed by atoms with Crippen LogP contribution in [0, 0.1) is 0 Å². The number of nitrogens with one attached hydrogen (secondary N) is 2. The van der Waals surface area contributed by atoms with Crippen LogP contribution in [0.1, 0.15) is 316 Å². The highest BCUT2D eigenvalue weighted by atomic mass is 16.8. The van der Waals surface area contributed by atoms with E-state index in [4.69, 9.17) is 28.4 Å². The van der Waals surface area contributed by atoms with Gasteiger partial charge < -0.3 is 100 Å². The second-order valence-corrected chi connectivity index (χ2v) is 29.6. The Morgan fingerprint density at radius 1 is 0.515 bits per heavy atom. The Morgan fingerprint density at radius 2 is 0.942 bits per heavy atom. The molecule has 23 nitrogen and oxygen atoms in total. The Morgan fingerprint density at radius 3 is 1.37 bits per heavy atom. The van der Waals surface area contributed by atoms with Crippen LogP contribution in [-0.4, -0.2) is 215 Å². The number of carboxylic acids is 1. The summed E-state index contributed by atoms with van der Waals surface area (Å²) in [5.41, 5.74) is 0. The van der Waals surface area contributed by atoms with Crippen molar-refractivity contribution in [1.29, 1.82) is 0 Å². The van der Waals surface area contributed by atoms with Gasteiger partial charge in [-0.25, -0.2) is 4.79 Å². The van der Waals surface area contributed by atoms with Crippen LogP contribution in [0.4, 0.5) is 0 Å². The maximum absolute atomic E-state index is 13.5. The number of aliphatic hydroxyl groups excluding tert-OH is 11. The second-order valence-electron chi connectivity index (χ2n) is 29.6. The minimum atomic E-state index is -3.08. The fourth-order valence-electron chi connectivity index (χ4n) is 14.1. The van der Waals surface area contributed by atoms with Crippen molar-refractivity contribution in [1.82, 2.24) is 10.6 Å². The lowest BCUT2D eigenvalue weighted by Crippen LogP contribution is -2.70. The normalized spacial score (nSPS) is 26.7. The molecule has 0 aromatic heterocycles. The highest BCUT2D eigenvalue weighted by Crippen LogP contribution is 2.39. The van der Waals surface area contributed by atoms with Crippen LogP contribution in [0.15, 0.2) is 36.5 Å². The van der Waals surface area contributed by atoms with E-state index in [-0.39, 0.29) is 12.3 Å². The van der Waals surface area contributed by atoms with Crippen molar-refractivity contribution < 1.29 is 104 Å². The molecule has 3 saturated heterocycles. The van der Waals surface area contributed by atoms with Gasteiger partial charge in [0.1, 0.15) is 67.1 Å². The number of carbonyl (C=O) groups is 3.